The monoisotopic (exact) mass is 256 g/mol. The van der Waals surface area contributed by atoms with E-state index in [-0.39, 0.29) is 13.2 Å². The zero-order valence-electron chi connectivity index (χ0n) is 7.96. The molecule has 0 aromatic carbocycles. The Morgan fingerprint density at radius 2 is 1.20 bits per heavy atom. The standard InChI is InChI=1S/C7H12O6S2/c1-3-5-12-14(8,9)7-15(10,11)13-6-4-2/h3-4H,1-2,5-7H2. The second-order valence-electron chi connectivity index (χ2n) is 2.38. The molecular weight excluding hydrogens is 244 g/mol. The van der Waals surface area contributed by atoms with E-state index in [1.165, 1.54) is 12.2 Å². The summed E-state index contributed by atoms with van der Waals surface area (Å²) >= 11 is 0. The molecule has 0 rings (SSSR count). The molecule has 0 aliphatic heterocycles. The molecule has 15 heavy (non-hydrogen) atoms. The van der Waals surface area contributed by atoms with E-state index in [0.717, 1.165) is 0 Å². The molecule has 6 nitrogen and oxygen atoms in total. The Morgan fingerprint density at radius 3 is 1.47 bits per heavy atom. The van der Waals surface area contributed by atoms with Crippen molar-refractivity contribution in [3.63, 3.8) is 0 Å². The minimum atomic E-state index is -4.15. The molecule has 0 unspecified atom stereocenters. The van der Waals surface area contributed by atoms with Crippen LogP contribution < -0.4 is 0 Å². The SMILES string of the molecule is C=CCOS(=O)(=O)CS(=O)(=O)OCC=C. The normalized spacial score (nSPS) is 12.3. The average molecular weight is 256 g/mol. The predicted molar refractivity (Wildman–Crippen MR) is 55.0 cm³/mol. The predicted octanol–water partition coefficient (Wildman–Crippen LogP) is 0.00870. The summed E-state index contributed by atoms with van der Waals surface area (Å²) in [7, 11) is -8.30. The first-order valence-electron chi connectivity index (χ1n) is 3.79. The summed E-state index contributed by atoms with van der Waals surface area (Å²) in [5.74, 6) is 0. The van der Waals surface area contributed by atoms with E-state index in [4.69, 9.17) is 0 Å². The van der Waals surface area contributed by atoms with Crippen LogP contribution in [-0.2, 0) is 28.6 Å². The summed E-state index contributed by atoms with van der Waals surface area (Å²) in [4.78, 5) is 0. The van der Waals surface area contributed by atoms with Crippen molar-refractivity contribution in [2.75, 3.05) is 18.3 Å². The smallest absolute Gasteiger partial charge is 0.265 e. The molecule has 0 radical (unpaired) electrons. The Hall–Kier alpha value is -0.700. The van der Waals surface area contributed by atoms with E-state index in [9.17, 15) is 16.8 Å². The van der Waals surface area contributed by atoms with Crippen LogP contribution in [0, 0.1) is 0 Å². The van der Waals surface area contributed by atoms with Crippen LogP contribution in [0.25, 0.3) is 0 Å². The first kappa shape index (κ1) is 14.3. The van der Waals surface area contributed by atoms with Gasteiger partial charge in [0.25, 0.3) is 20.2 Å². The first-order chi connectivity index (χ1) is 6.83. The fraction of sp³-hybridized carbons (Fsp3) is 0.429. The van der Waals surface area contributed by atoms with Crippen LogP contribution in [0.4, 0.5) is 0 Å². The molecule has 0 saturated heterocycles. The molecule has 0 saturated carbocycles. The Bertz CT molecular complexity index is 365. The van der Waals surface area contributed by atoms with Crippen LogP contribution in [0.2, 0.25) is 0 Å². The van der Waals surface area contributed by atoms with Crippen LogP contribution in [0.1, 0.15) is 0 Å². The highest BCUT2D eigenvalue weighted by molar-refractivity contribution is 8.03. The molecule has 0 bridgehead atoms. The molecule has 0 spiro atoms. The molecule has 0 aromatic heterocycles. The Labute approximate surface area is 89.4 Å². The van der Waals surface area contributed by atoms with Crippen molar-refractivity contribution in [1.29, 1.82) is 0 Å². The molecule has 8 heteroatoms. The maximum absolute atomic E-state index is 11.0. The van der Waals surface area contributed by atoms with Gasteiger partial charge in [0.15, 0.2) is 0 Å². The maximum atomic E-state index is 11.0. The van der Waals surface area contributed by atoms with Gasteiger partial charge in [-0.05, 0) is 0 Å². The number of hydrogen-bond donors (Lipinski definition) is 0. The van der Waals surface area contributed by atoms with Crippen LogP contribution in [0.3, 0.4) is 0 Å². The topological polar surface area (TPSA) is 86.7 Å². The zero-order chi connectivity index (χ0) is 11.9. The summed E-state index contributed by atoms with van der Waals surface area (Å²) in [6.07, 6.45) is 2.38. The van der Waals surface area contributed by atoms with Crippen molar-refractivity contribution in [2.24, 2.45) is 0 Å². The van der Waals surface area contributed by atoms with Gasteiger partial charge in [0.05, 0.1) is 13.2 Å². The quantitative estimate of drug-likeness (QED) is 0.449. The fourth-order valence-electron chi connectivity index (χ4n) is 0.548. The molecule has 88 valence electrons. The molecule has 0 fully saturated rings. The Balaban J connectivity index is 4.44. The lowest BCUT2D eigenvalue weighted by molar-refractivity contribution is 0.348. The largest absolute Gasteiger partial charge is 0.284 e. The van der Waals surface area contributed by atoms with Crippen molar-refractivity contribution >= 4 is 20.2 Å². The molecule has 0 aliphatic rings. The van der Waals surface area contributed by atoms with Crippen LogP contribution in [-0.4, -0.2) is 35.1 Å². The van der Waals surface area contributed by atoms with Gasteiger partial charge in [-0.25, -0.2) is 0 Å². The van der Waals surface area contributed by atoms with Crippen LogP contribution in [0.15, 0.2) is 25.3 Å². The van der Waals surface area contributed by atoms with E-state index in [1.807, 2.05) is 0 Å². The number of rotatable bonds is 8. The highest BCUT2D eigenvalue weighted by Gasteiger charge is 2.23. The lowest BCUT2D eigenvalue weighted by Crippen LogP contribution is -2.21. The van der Waals surface area contributed by atoms with Gasteiger partial charge in [-0.1, -0.05) is 12.2 Å². The van der Waals surface area contributed by atoms with Crippen molar-refractivity contribution in [1.82, 2.24) is 0 Å². The van der Waals surface area contributed by atoms with Crippen molar-refractivity contribution < 1.29 is 25.2 Å². The average Bonchev–Trinajstić information content (AvgIpc) is 2.10. The first-order valence-corrected chi connectivity index (χ1v) is 6.94. The van der Waals surface area contributed by atoms with E-state index < -0.39 is 25.3 Å². The van der Waals surface area contributed by atoms with Crippen LogP contribution >= 0.6 is 0 Å². The van der Waals surface area contributed by atoms with Gasteiger partial charge in [0.1, 0.15) is 0 Å². The van der Waals surface area contributed by atoms with Crippen molar-refractivity contribution in [3.8, 4) is 0 Å². The summed E-state index contributed by atoms with van der Waals surface area (Å²) in [5.41, 5.74) is 0. The highest BCUT2D eigenvalue weighted by atomic mass is 32.3. The second kappa shape index (κ2) is 6.01. The zero-order valence-corrected chi connectivity index (χ0v) is 9.59. The molecule has 0 aliphatic carbocycles. The summed E-state index contributed by atoms with van der Waals surface area (Å²) in [6.45, 7) is 5.90. The van der Waals surface area contributed by atoms with Gasteiger partial charge in [-0.15, -0.1) is 13.2 Å². The van der Waals surface area contributed by atoms with Gasteiger partial charge in [0.2, 0.25) is 5.08 Å². The summed E-state index contributed by atoms with van der Waals surface area (Å²) < 4.78 is 52.6. The van der Waals surface area contributed by atoms with E-state index in [1.54, 1.807) is 0 Å². The van der Waals surface area contributed by atoms with Gasteiger partial charge >= 0.3 is 0 Å². The third-order valence-electron chi connectivity index (χ3n) is 1.02. The third kappa shape index (κ3) is 7.25. The Morgan fingerprint density at radius 1 is 0.867 bits per heavy atom. The lowest BCUT2D eigenvalue weighted by Gasteiger charge is -2.04. The van der Waals surface area contributed by atoms with E-state index in [2.05, 4.69) is 21.5 Å². The Kier molecular flexibility index (Phi) is 5.73. The number of hydrogen-bond acceptors (Lipinski definition) is 6. The summed E-state index contributed by atoms with van der Waals surface area (Å²) in [5, 5.41) is -1.22. The second-order valence-corrected chi connectivity index (χ2v) is 6.02. The third-order valence-corrected chi connectivity index (χ3v) is 4.32. The van der Waals surface area contributed by atoms with E-state index >= 15 is 0 Å². The molecule has 0 aromatic rings. The highest BCUT2D eigenvalue weighted by Crippen LogP contribution is 2.02. The molecule has 0 amide bonds. The maximum Gasteiger partial charge on any atom is 0.284 e. The van der Waals surface area contributed by atoms with Gasteiger partial charge in [-0.3, -0.25) is 8.37 Å². The lowest BCUT2D eigenvalue weighted by atomic mass is 10.7. The van der Waals surface area contributed by atoms with Gasteiger partial charge in [-0.2, -0.15) is 16.8 Å². The van der Waals surface area contributed by atoms with Gasteiger partial charge in [0, 0.05) is 0 Å². The van der Waals surface area contributed by atoms with Gasteiger partial charge < -0.3 is 0 Å². The fourth-order valence-corrected chi connectivity index (χ4v) is 3.11. The minimum absolute atomic E-state index is 0.278. The van der Waals surface area contributed by atoms with E-state index in [0.29, 0.717) is 0 Å². The molecule has 0 atom stereocenters. The molecule has 0 N–H and O–H groups in total. The molecule has 0 heterocycles. The van der Waals surface area contributed by atoms with Crippen LogP contribution in [0.5, 0.6) is 0 Å². The summed E-state index contributed by atoms with van der Waals surface area (Å²) in [6, 6.07) is 0. The van der Waals surface area contributed by atoms with Crippen molar-refractivity contribution in [3.05, 3.63) is 25.3 Å². The van der Waals surface area contributed by atoms with Crippen molar-refractivity contribution in [2.45, 2.75) is 0 Å². The molecular formula is C7H12O6S2. The minimum Gasteiger partial charge on any atom is -0.265 e.